The first kappa shape index (κ1) is 20.9. The minimum absolute atomic E-state index is 0.0638. The molecule has 162 valence electrons. The molecule has 32 heavy (non-hydrogen) atoms. The van der Waals surface area contributed by atoms with E-state index in [1.165, 1.54) is 0 Å². The van der Waals surface area contributed by atoms with E-state index in [0.717, 1.165) is 11.9 Å². The number of benzene rings is 3. The van der Waals surface area contributed by atoms with E-state index in [9.17, 15) is 9.59 Å². The predicted molar refractivity (Wildman–Crippen MR) is 123 cm³/mol. The first-order valence-corrected chi connectivity index (χ1v) is 9.96. The summed E-state index contributed by atoms with van der Waals surface area (Å²) in [7, 11) is 0. The van der Waals surface area contributed by atoms with Crippen LogP contribution in [0, 0.1) is 5.41 Å². The predicted octanol–water partition coefficient (Wildman–Crippen LogP) is 1.74. The van der Waals surface area contributed by atoms with Crippen LogP contribution in [0.2, 0.25) is 0 Å². The zero-order valence-electron chi connectivity index (χ0n) is 17.1. The number of nitrogens with zero attached hydrogens (tertiary/aromatic N) is 1. The summed E-state index contributed by atoms with van der Waals surface area (Å²) in [6.45, 7) is 1.46. The molecule has 1 aliphatic rings. The number of carbonyl (C=O) groups is 2. The van der Waals surface area contributed by atoms with Crippen LogP contribution < -0.4 is 26.8 Å². The summed E-state index contributed by atoms with van der Waals surface area (Å²) in [4.78, 5) is 28.8. The highest BCUT2D eigenvalue weighted by Gasteiger charge is 2.17. The Hall–Kier alpha value is -4.40. The van der Waals surface area contributed by atoms with E-state index >= 15 is 0 Å². The van der Waals surface area contributed by atoms with Crippen molar-refractivity contribution in [3.8, 4) is 5.75 Å². The normalized spacial score (nSPS) is 12.7. The van der Waals surface area contributed by atoms with Gasteiger partial charge in [0.25, 0.3) is 0 Å². The van der Waals surface area contributed by atoms with Crippen LogP contribution in [0.25, 0.3) is 10.8 Å². The number of nitrogen functional groups attached to an aromatic ring is 1. The second kappa shape index (κ2) is 8.76. The lowest BCUT2D eigenvalue weighted by atomic mass is 9.98. The summed E-state index contributed by atoms with van der Waals surface area (Å²) >= 11 is 0. The second-order valence-corrected chi connectivity index (χ2v) is 7.29. The van der Waals surface area contributed by atoms with Crippen LogP contribution in [0.3, 0.4) is 0 Å². The van der Waals surface area contributed by atoms with Crippen LogP contribution in [0.4, 0.5) is 5.69 Å². The Morgan fingerprint density at radius 1 is 1.09 bits per heavy atom. The number of aliphatic imine (C=N–C) groups is 1. The van der Waals surface area contributed by atoms with Gasteiger partial charge in [0.15, 0.2) is 5.96 Å². The summed E-state index contributed by atoms with van der Waals surface area (Å²) in [6, 6.07) is 15.4. The maximum absolute atomic E-state index is 12.9. The Balaban J connectivity index is 1.64. The lowest BCUT2D eigenvalue weighted by molar-refractivity contribution is -0.117. The van der Waals surface area contributed by atoms with E-state index < -0.39 is 11.9 Å². The summed E-state index contributed by atoms with van der Waals surface area (Å²) in [5.74, 6) is -0.288. The minimum Gasteiger partial charge on any atom is -0.423 e. The van der Waals surface area contributed by atoms with Crippen molar-refractivity contribution in [1.29, 1.82) is 5.41 Å². The molecule has 9 heteroatoms. The minimum atomic E-state index is -0.569. The fraction of sp³-hybridized carbons (Fsp3) is 0.130. The molecule has 0 unspecified atom stereocenters. The topological polar surface area (TPSA) is 156 Å². The molecule has 0 spiro atoms. The molecule has 0 radical (unpaired) electrons. The molecule has 0 aliphatic carbocycles. The number of fused-ring (bicyclic) bond motifs is 1. The molecule has 3 aromatic rings. The quantitative estimate of drug-likeness (QED) is 0.174. The van der Waals surface area contributed by atoms with Gasteiger partial charge >= 0.3 is 5.97 Å². The average Bonchev–Trinajstić information content (AvgIpc) is 3.27. The zero-order chi connectivity index (χ0) is 22.7. The number of amidine groups is 1. The molecule has 7 N–H and O–H groups in total. The average molecular weight is 430 g/mol. The first-order valence-electron chi connectivity index (χ1n) is 9.96. The van der Waals surface area contributed by atoms with Crippen LogP contribution >= 0.6 is 0 Å². The third-order valence-electron chi connectivity index (χ3n) is 4.99. The van der Waals surface area contributed by atoms with Crippen molar-refractivity contribution in [3.63, 3.8) is 0 Å². The molecule has 0 atom stereocenters. The molecule has 0 fully saturated rings. The highest BCUT2D eigenvalue weighted by Crippen LogP contribution is 2.30. The number of hydrogen-bond donors (Lipinski definition) is 5. The molecule has 1 aliphatic heterocycles. The van der Waals surface area contributed by atoms with Crippen LogP contribution in [0.15, 0.2) is 59.6 Å². The Bertz CT molecular complexity index is 1270. The second-order valence-electron chi connectivity index (χ2n) is 7.29. The Kier molecular flexibility index (Phi) is 5.71. The molecule has 0 saturated heterocycles. The molecule has 1 amide bonds. The molecule has 1 heterocycles. The highest BCUT2D eigenvalue weighted by atomic mass is 16.5. The van der Waals surface area contributed by atoms with E-state index in [2.05, 4.69) is 15.6 Å². The third-order valence-corrected chi connectivity index (χ3v) is 4.99. The summed E-state index contributed by atoms with van der Waals surface area (Å²) in [6.07, 6.45) is -0.105. The smallest absolute Gasteiger partial charge is 0.343 e. The highest BCUT2D eigenvalue weighted by molar-refractivity contribution is 6.02. The Morgan fingerprint density at radius 3 is 2.66 bits per heavy atom. The number of hydrogen-bond acceptors (Lipinski definition) is 7. The van der Waals surface area contributed by atoms with Gasteiger partial charge in [-0.2, -0.15) is 0 Å². The standard InChI is InChI=1S/C23H22N6O3/c24-20(30)12-18-17-6-4-14(21(25)26)10-13(17)5-7-19(18)32-22(31)15-2-1-3-16(11-15)29-23-27-8-9-28-23/h1-7,10-11H,8-9,12H2,(H2,24,30)(H3,25,26)(H2,27,28,29). The number of anilines is 1. The lowest BCUT2D eigenvalue weighted by Crippen LogP contribution is -2.26. The van der Waals surface area contributed by atoms with Gasteiger partial charge in [-0.05, 0) is 41.1 Å². The number of rotatable bonds is 6. The van der Waals surface area contributed by atoms with Crippen molar-refractivity contribution in [2.75, 3.05) is 18.4 Å². The van der Waals surface area contributed by atoms with Crippen molar-refractivity contribution in [3.05, 3.63) is 71.3 Å². The van der Waals surface area contributed by atoms with Crippen molar-refractivity contribution >= 4 is 40.1 Å². The van der Waals surface area contributed by atoms with Crippen molar-refractivity contribution < 1.29 is 14.3 Å². The number of ether oxygens (including phenoxy) is 1. The van der Waals surface area contributed by atoms with E-state index in [1.807, 2.05) is 6.07 Å². The lowest BCUT2D eigenvalue weighted by Gasteiger charge is -2.14. The first-order chi connectivity index (χ1) is 15.4. The number of nitrogens with two attached hydrogens (primary N) is 2. The molecule has 0 bridgehead atoms. The van der Waals surface area contributed by atoms with Crippen molar-refractivity contribution in [2.24, 2.45) is 16.5 Å². The van der Waals surface area contributed by atoms with Crippen LogP contribution in [0.5, 0.6) is 5.75 Å². The number of guanidine groups is 1. The van der Waals surface area contributed by atoms with Gasteiger partial charge in [0.1, 0.15) is 11.6 Å². The van der Waals surface area contributed by atoms with Gasteiger partial charge in [0.2, 0.25) is 5.91 Å². The number of esters is 1. The van der Waals surface area contributed by atoms with E-state index in [4.69, 9.17) is 21.6 Å². The van der Waals surface area contributed by atoms with Crippen molar-refractivity contribution in [1.82, 2.24) is 5.32 Å². The van der Waals surface area contributed by atoms with Gasteiger partial charge in [-0.15, -0.1) is 0 Å². The Labute approximate surface area is 184 Å². The number of primary amides is 1. The Morgan fingerprint density at radius 2 is 1.94 bits per heavy atom. The summed E-state index contributed by atoms with van der Waals surface area (Å²) in [5, 5.41) is 15.3. The molecular weight excluding hydrogens is 408 g/mol. The van der Waals surface area contributed by atoms with Crippen molar-refractivity contribution in [2.45, 2.75) is 6.42 Å². The van der Waals surface area contributed by atoms with Crippen LogP contribution in [0.1, 0.15) is 21.5 Å². The van der Waals surface area contributed by atoms with Crippen LogP contribution in [-0.4, -0.2) is 36.8 Å². The van der Waals surface area contributed by atoms with Gasteiger partial charge in [0, 0.05) is 23.4 Å². The fourth-order valence-corrected chi connectivity index (χ4v) is 3.50. The SMILES string of the molecule is N=C(N)c1ccc2c(CC(N)=O)c(OC(=O)c3cccc(NC4=NCCN4)c3)ccc2c1. The van der Waals surface area contributed by atoms with Gasteiger partial charge in [-0.25, -0.2) is 4.79 Å². The molecule has 9 nitrogen and oxygen atoms in total. The van der Waals surface area contributed by atoms with Gasteiger partial charge in [-0.1, -0.05) is 24.3 Å². The fourth-order valence-electron chi connectivity index (χ4n) is 3.50. The largest absolute Gasteiger partial charge is 0.423 e. The number of nitrogens with one attached hydrogen (secondary N) is 3. The number of carbonyl (C=O) groups excluding carboxylic acids is 2. The molecule has 0 aromatic heterocycles. The van der Waals surface area contributed by atoms with Crippen LogP contribution in [-0.2, 0) is 11.2 Å². The van der Waals surface area contributed by atoms with E-state index in [1.54, 1.807) is 48.5 Å². The maximum atomic E-state index is 12.9. The molecular formula is C23H22N6O3. The molecule has 0 saturated carbocycles. The monoisotopic (exact) mass is 430 g/mol. The number of amides is 1. The molecule has 4 rings (SSSR count). The van der Waals surface area contributed by atoms with Gasteiger partial charge in [0.05, 0.1) is 18.5 Å². The van der Waals surface area contributed by atoms with E-state index in [0.29, 0.717) is 40.3 Å². The maximum Gasteiger partial charge on any atom is 0.343 e. The molecule has 3 aromatic carbocycles. The van der Waals surface area contributed by atoms with Gasteiger partial charge in [-0.3, -0.25) is 15.2 Å². The third kappa shape index (κ3) is 4.51. The summed E-state index contributed by atoms with van der Waals surface area (Å²) in [5.41, 5.74) is 13.1. The van der Waals surface area contributed by atoms with Gasteiger partial charge < -0.3 is 26.8 Å². The zero-order valence-corrected chi connectivity index (χ0v) is 17.1. The summed E-state index contributed by atoms with van der Waals surface area (Å²) < 4.78 is 5.66. The van der Waals surface area contributed by atoms with E-state index in [-0.39, 0.29) is 18.0 Å².